The van der Waals surface area contributed by atoms with Gasteiger partial charge < -0.3 is 10.4 Å². The van der Waals surface area contributed by atoms with Crippen LogP contribution < -0.4 is 5.32 Å². The molecule has 2 N–H and O–H groups in total. The van der Waals surface area contributed by atoms with Crippen molar-refractivity contribution in [3.05, 3.63) is 12.7 Å². The number of carboxylic acid groups (broad SMARTS) is 1. The van der Waals surface area contributed by atoms with Gasteiger partial charge in [0, 0.05) is 13.1 Å². The van der Waals surface area contributed by atoms with Crippen LogP contribution in [0.5, 0.6) is 0 Å². The number of fused-ring (bicyclic) bond motifs is 3. The van der Waals surface area contributed by atoms with Gasteiger partial charge in [0.15, 0.2) is 0 Å². The number of amides is 1. The fourth-order valence-corrected chi connectivity index (χ4v) is 2.63. The molecule has 0 aliphatic carbocycles. The maximum atomic E-state index is 10.5. The quantitative estimate of drug-likeness (QED) is 0.650. The number of hydrogen-bond donors (Lipinski definition) is 2. The fraction of sp³-hybridized carbons (Fsp3) is 0.700. The Morgan fingerprint density at radius 3 is 2.93 bits per heavy atom. The maximum absolute atomic E-state index is 10.5. The van der Waals surface area contributed by atoms with Crippen molar-refractivity contribution in [2.45, 2.75) is 19.0 Å². The van der Waals surface area contributed by atoms with Gasteiger partial charge in [-0.25, -0.2) is 4.79 Å². The molecule has 4 atom stereocenters. The van der Waals surface area contributed by atoms with Crippen LogP contribution in [-0.4, -0.2) is 35.4 Å². The van der Waals surface area contributed by atoms with Crippen molar-refractivity contribution in [3.8, 4) is 0 Å². The second-order valence-electron chi connectivity index (χ2n) is 4.14. The Bertz CT molecular complexity index is 255. The van der Waals surface area contributed by atoms with Gasteiger partial charge in [0.1, 0.15) is 0 Å². The number of rotatable bonds is 2. The van der Waals surface area contributed by atoms with Crippen LogP contribution in [0.4, 0.5) is 4.79 Å². The molecule has 3 fully saturated rings. The fourth-order valence-electron chi connectivity index (χ4n) is 2.63. The van der Waals surface area contributed by atoms with Crippen LogP contribution in [0.1, 0.15) is 12.8 Å². The van der Waals surface area contributed by atoms with Crippen LogP contribution in [0, 0.1) is 11.8 Å². The first-order chi connectivity index (χ1) is 6.70. The molecule has 1 amide bonds. The highest BCUT2D eigenvalue weighted by Crippen LogP contribution is 2.35. The van der Waals surface area contributed by atoms with Crippen molar-refractivity contribution in [3.63, 3.8) is 0 Å². The van der Waals surface area contributed by atoms with Crippen molar-refractivity contribution in [1.82, 2.24) is 10.2 Å². The molecule has 4 nitrogen and oxygen atoms in total. The Morgan fingerprint density at radius 2 is 2.43 bits per heavy atom. The average Bonchev–Trinajstić information content (AvgIpc) is 2.17. The first-order valence-electron chi connectivity index (χ1n) is 5.06. The van der Waals surface area contributed by atoms with E-state index in [0.29, 0.717) is 11.8 Å². The van der Waals surface area contributed by atoms with E-state index in [1.165, 1.54) is 6.42 Å². The molecule has 3 aliphatic heterocycles. The molecule has 3 rings (SSSR count). The highest BCUT2D eigenvalue weighted by molar-refractivity contribution is 5.64. The summed E-state index contributed by atoms with van der Waals surface area (Å²) in [6.45, 7) is 5.80. The molecule has 1 unspecified atom stereocenters. The molecule has 4 heteroatoms. The largest absolute Gasteiger partial charge is 0.465 e. The highest BCUT2D eigenvalue weighted by Gasteiger charge is 2.39. The standard InChI is InChI=1S/C10H16N2O2/c1-2-7-6-12-4-3-8(7)5-9(12)11-10(13)14/h2,7-9,11H,1,3-6H2,(H,13,14)/t7-,8-,9-/m0/s1. The zero-order valence-corrected chi connectivity index (χ0v) is 8.15. The van der Waals surface area contributed by atoms with Crippen molar-refractivity contribution in [2.75, 3.05) is 13.1 Å². The van der Waals surface area contributed by atoms with Gasteiger partial charge in [0.2, 0.25) is 0 Å². The van der Waals surface area contributed by atoms with Gasteiger partial charge in [0.05, 0.1) is 6.17 Å². The van der Waals surface area contributed by atoms with Crippen molar-refractivity contribution >= 4 is 6.09 Å². The van der Waals surface area contributed by atoms with Gasteiger partial charge >= 0.3 is 6.09 Å². The van der Waals surface area contributed by atoms with Gasteiger partial charge in [-0.1, -0.05) is 6.08 Å². The van der Waals surface area contributed by atoms with Crippen LogP contribution in [-0.2, 0) is 0 Å². The zero-order chi connectivity index (χ0) is 10.1. The summed E-state index contributed by atoms with van der Waals surface area (Å²) in [5.74, 6) is 1.17. The third kappa shape index (κ3) is 1.62. The molecule has 78 valence electrons. The monoisotopic (exact) mass is 196 g/mol. The second-order valence-corrected chi connectivity index (χ2v) is 4.14. The number of piperidine rings is 3. The molecule has 0 aromatic rings. The summed E-state index contributed by atoms with van der Waals surface area (Å²) >= 11 is 0. The summed E-state index contributed by atoms with van der Waals surface area (Å²) in [5, 5.41) is 11.2. The maximum Gasteiger partial charge on any atom is 0.405 e. The molecular weight excluding hydrogens is 180 g/mol. The summed E-state index contributed by atoms with van der Waals surface area (Å²) in [6, 6.07) is 0. The Labute approximate surface area is 83.6 Å². The molecule has 0 radical (unpaired) electrons. The van der Waals surface area contributed by atoms with E-state index >= 15 is 0 Å². The van der Waals surface area contributed by atoms with Gasteiger partial charge in [0.25, 0.3) is 0 Å². The average molecular weight is 196 g/mol. The molecule has 0 spiro atoms. The minimum atomic E-state index is -0.919. The topological polar surface area (TPSA) is 52.6 Å². The van der Waals surface area contributed by atoms with Crippen LogP contribution >= 0.6 is 0 Å². The third-order valence-electron chi connectivity index (χ3n) is 3.40. The number of carbonyl (C=O) groups is 1. The third-order valence-corrected chi connectivity index (χ3v) is 3.40. The van der Waals surface area contributed by atoms with E-state index in [-0.39, 0.29) is 6.17 Å². The summed E-state index contributed by atoms with van der Waals surface area (Å²) < 4.78 is 0. The summed E-state index contributed by atoms with van der Waals surface area (Å²) in [7, 11) is 0. The summed E-state index contributed by atoms with van der Waals surface area (Å²) in [6.07, 6.45) is 3.23. The van der Waals surface area contributed by atoms with E-state index in [1.807, 2.05) is 6.08 Å². The SMILES string of the molecule is C=C[C@H]1CN2CC[C@H]1C[C@H]2NC(=O)O. The number of nitrogens with zero attached hydrogens (tertiary/aromatic N) is 1. The van der Waals surface area contributed by atoms with E-state index in [4.69, 9.17) is 5.11 Å². The van der Waals surface area contributed by atoms with E-state index in [2.05, 4.69) is 16.8 Å². The second kappa shape index (κ2) is 3.61. The smallest absolute Gasteiger partial charge is 0.405 e. The van der Waals surface area contributed by atoms with Gasteiger partial charge in [-0.2, -0.15) is 0 Å². The van der Waals surface area contributed by atoms with Crippen molar-refractivity contribution in [1.29, 1.82) is 0 Å². The predicted molar refractivity (Wildman–Crippen MR) is 52.9 cm³/mol. The van der Waals surface area contributed by atoms with E-state index in [9.17, 15) is 4.79 Å². The lowest BCUT2D eigenvalue weighted by Gasteiger charge is -2.48. The minimum absolute atomic E-state index is 0.0300. The Hall–Kier alpha value is -1.03. The molecule has 3 saturated heterocycles. The molecule has 14 heavy (non-hydrogen) atoms. The molecule has 3 aliphatic rings. The molecular formula is C10H16N2O2. The lowest BCUT2D eigenvalue weighted by Crippen LogP contribution is -2.59. The zero-order valence-electron chi connectivity index (χ0n) is 8.15. The van der Waals surface area contributed by atoms with E-state index in [0.717, 1.165) is 19.5 Å². The van der Waals surface area contributed by atoms with Gasteiger partial charge in [-0.15, -0.1) is 6.58 Å². The lowest BCUT2D eigenvalue weighted by molar-refractivity contribution is 0.00548. The Balaban J connectivity index is 2.00. The van der Waals surface area contributed by atoms with Gasteiger partial charge in [-0.3, -0.25) is 4.90 Å². The summed E-state index contributed by atoms with van der Waals surface area (Å²) in [5.41, 5.74) is 0. The molecule has 3 heterocycles. The molecule has 0 saturated carbocycles. The van der Waals surface area contributed by atoms with Crippen LogP contribution in [0.2, 0.25) is 0 Å². The van der Waals surface area contributed by atoms with E-state index < -0.39 is 6.09 Å². The van der Waals surface area contributed by atoms with Crippen LogP contribution in [0.15, 0.2) is 12.7 Å². The predicted octanol–water partition coefficient (Wildman–Crippen LogP) is 1.11. The molecule has 0 aromatic heterocycles. The van der Waals surface area contributed by atoms with Gasteiger partial charge in [-0.05, 0) is 24.7 Å². The first-order valence-corrected chi connectivity index (χ1v) is 5.06. The summed E-state index contributed by atoms with van der Waals surface area (Å²) in [4.78, 5) is 12.7. The van der Waals surface area contributed by atoms with E-state index in [1.54, 1.807) is 0 Å². The Kier molecular flexibility index (Phi) is 2.46. The highest BCUT2D eigenvalue weighted by atomic mass is 16.4. The lowest BCUT2D eigenvalue weighted by atomic mass is 9.78. The van der Waals surface area contributed by atoms with Crippen molar-refractivity contribution < 1.29 is 9.90 Å². The Morgan fingerprint density at radius 1 is 1.64 bits per heavy atom. The number of nitrogens with one attached hydrogen (secondary N) is 1. The first kappa shape index (κ1) is 9.52. The van der Waals surface area contributed by atoms with Crippen LogP contribution in [0.3, 0.4) is 0 Å². The van der Waals surface area contributed by atoms with Crippen LogP contribution in [0.25, 0.3) is 0 Å². The molecule has 0 aromatic carbocycles. The van der Waals surface area contributed by atoms with Crippen molar-refractivity contribution in [2.24, 2.45) is 11.8 Å². The minimum Gasteiger partial charge on any atom is -0.465 e. The molecule has 2 bridgehead atoms. The number of hydrogen-bond acceptors (Lipinski definition) is 2. The normalized spacial score (nSPS) is 40.6.